The van der Waals surface area contributed by atoms with E-state index in [1.807, 2.05) is 55.7 Å². The lowest BCUT2D eigenvalue weighted by Crippen LogP contribution is -2.47. The lowest BCUT2D eigenvalue weighted by molar-refractivity contribution is -0.140. The van der Waals surface area contributed by atoms with E-state index in [2.05, 4.69) is 5.32 Å². The number of unbranched alkanes of at least 4 members (excludes halogenated alkanes) is 3. The van der Waals surface area contributed by atoms with E-state index in [1.54, 1.807) is 12.3 Å². The number of rotatable bonds is 17. The maximum atomic E-state index is 15.0. The Morgan fingerprint density at radius 3 is 2.30 bits per heavy atom. The molecule has 1 aromatic heterocycles. The molecule has 0 aliphatic carbocycles. The number of halogens is 2. The Labute approximate surface area is 291 Å². The number of nitrogens with two attached hydrogens (primary N) is 1. The minimum atomic E-state index is -0.933. The highest BCUT2D eigenvalue weighted by Crippen LogP contribution is 2.41. The van der Waals surface area contributed by atoms with Crippen LogP contribution in [0.5, 0.6) is 0 Å². The van der Waals surface area contributed by atoms with Gasteiger partial charge in [0.25, 0.3) is 11.8 Å². The van der Waals surface area contributed by atoms with E-state index in [0.29, 0.717) is 43.7 Å². The van der Waals surface area contributed by atoms with Gasteiger partial charge in [-0.3, -0.25) is 24.1 Å². The van der Waals surface area contributed by atoms with Crippen LogP contribution in [0.1, 0.15) is 70.2 Å². The minimum Gasteiger partial charge on any atom is -0.387 e. The van der Waals surface area contributed by atoms with E-state index in [1.165, 1.54) is 22.0 Å². The SMILES string of the molecule is CC(C)(C)C(c1cc(-c2cc(F)ccc2F)cn1Cc1ccccc1)N(CCC(N)C(=O)NCCCCCCN1C(=O)C=CC1=O)C(=O)CO. The minimum absolute atomic E-state index is 0.0545. The van der Waals surface area contributed by atoms with Crippen LogP contribution < -0.4 is 11.1 Å². The first kappa shape index (κ1) is 38.1. The number of nitrogens with zero attached hydrogens (tertiary/aromatic N) is 3. The van der Waals surface area contributed by atoms with Crippen LogP contribution in [-0.2, 0) is 25.7 Å². The lowest BCUT2D eigenvalue weighted by atomic mass is 9.82. The highest BCUT2D eigenvalue weighted by molar-refractivity contribution is 6.12. The van der Waals surface area contributed by atoms with Crippen LogP contribution in [0.3, 0.4) is 0 Å². The first-order valence-electron chi connectivity index (χ1n) is 17.0. The number of aliphatic hydroxyl groups is 1. The summed E-state index contributed by atoms with van der Waals surface area (Å²) in [6.45, 7) is 6.27. The van der Waals surface area contributed by atoms with E-state index < -0.39 is 41.6 Å². The molecule has 0 saturated heterocycles. The molecule has 0 saturated carbocycles. The van der Waals surface area contributed by atoms with E-state index in [4.69, 9.17) is 5.73 Å². The molecule has 2 atom stereocenters. The Hall–Kier alpha value is -4.68. The lowest BCUT2D eigenvalue weighted by Gasteiger charge is -2.41. The summed E-state index contributed by atoms with van der Waals surface area (Å²) < 4.78 is 31.2. The topological polar surface area (TPSA) is 138 Å². The zero-order valence-electron chi connectivity index (χ0n) is 28.9. The molecule has 0 fully saturated rings. The van der Waals surface area contributed by atoms with Crippen LogP contribution in [-0.4, -0.2) is 75.4 Å². The van der Waals surface area contributed by atoms with Gasteiger partial charge in [-0.05, 0) is 54.5 Å². The quantitative estimate of drug-likeness (QED) is 0.139. The average molecular weight is 692 g/mol. The Morgan fingerprint density at radius 2 is 1.64 bits per heavy atom. The number of hydrogen-bond donors (Lipinski definition) is 3. The predicted octanol–water partition coefficient (Wildman–Crippen LogP) is 4.71. The maximum absolute atomic E-state index is 15.0. The number of carbonyl (C=O) groups excluding carboxylic acids is 4. The number of imide groups is 1. The van der Waals surface area contributed by atoms with Gasteiger partial charge in [-0.25, -0.2) is 8.78 Å². The van der Waals surface area contributed by atoms with Crippen LogP contribution in [0.25, 0.3) is 11.1 Å². The molecular formula is C38H47F2N5O5. The molecule has 2 aromatic carbocycles. The van der Waals surface area contributed by atoms with Gasteiger partial charge in [0, 0.05) is 61.3 Å². The number of amides is 4. The second kappa shape index (κ2) is 17.3. The second-order valence-electron chi connectivity index (χ2n) is 13.7. The number of aliphatic hydroxyl groups excluding tert-OH is 1. The van der Waals surface area contributed by atoms with Gasteiger partial charge >= 0.3 is 0 Å². The molecule has 3 aromatic rings. The van der Waals surface area contributed by atoms with E-state index >= 15 is 0 Å². The molecule has 2 unspecified atom stereocenters. The van der Waals surface area contributed by atoms with Crippen LogP contribution in [0.4, 0.5) is 8.78 Å². The molecule has 4 N–H and O–H groups in total. The molecule has 1 aliphatic rings. The van der Waals surface area contributed by atoms with Crippen molar-refractivity contribution in [2.75, 3.05) is 26.2 Å². The maximum Gasteiger partial charge on any atom is 0.253 e. The molecular weight excluding hydrogens is 644 g/mol. The third kappa shape index (κ3) is 9.95. The van der Waals surface area contributed by atoms with Gasteiger partial charge in [0.15, 0.2) is 0 Å². The largest absolute Gasteiger partial charge is 0.387 e. The molecule has 0 spiro atoms. The zero-order chi connectivity index (χ0) is 36.4. The third-order valence-electron chi connectivity index (χ3n) is 8.76. The van der Waals surface area contributed by atoms with E-state index in [9.17, 15) is 33.1 Å². The van der Waals surface area contributed by atoms with Crippen LogP contribution >= 0.6 is 0 Å². The fourth-order valence-corrected chi connectivity index (χ4v) is 6.25. The molecule has 10 nitrogen and oxygen atoms in total. The third-order valence-corrected chi connectivity index (χ3v) is 8.76. The first-order chi connectivity index (χ1) is 23.8. The molecule has 0 bridgehead atoms. The molecule has 50 heavy (non-hydrogen) atoms. The van der Waals surface area contributed by atoms with Gasteiger partial charge in [0.1, 0.15) is 18.2 Å². The zero-order valence-corrected chi connectivity index (χ0v) is 28.9. The van der Waals surface area contributed by atoms with Crippen LogP contribution in [0, 0.1) is 17.0 Å². The first-order valence-corrected chi connectivity index (χ1v) is 17.0. The van der Waals surface area contributed by atoms with Crippen molar-refractivity contribution in [3.8, 4) is 11.1 Å². The van der Waals surface area contributed by atoms with Crippen molar-refractivity contribution in [2.45, 2.75) is 71.5 Å². The monoisotopic (exact) mass is 691 g/mol. The number of aromatic nitrogens is 1. The van der Waals surface area contributed by atoms with Crippen molar-refractivity contribution >= 4 is 23.6 Å². The van der Waals surface area contributed by atoms with Crippen molar-refractivity contribution in [3.05, 3.63) is 95.8 Å². The Bertz CT molecular complexity index is 1670. The summed E-state index contributed by atoms with van der Waals surface area (Å²) in [5, 5.41) is 12.9. The highest BCUT2D eigenvalue weighted by Gasteiger charge is 2.37. The average Bonchev–Trinajstić information content (AvgIpc) is 3.63. The normalized spacial score (nSPS) is 14.3. The van der Waals surface area contributed by atoms with Gasteiger partial charge in [-0.1, -0.05) is 63.9 Å². The predicted molar refractivity (Wildman–Crippen MR) is 186 cm³/mol. The van der Waals surface area contributed by atoms with E-state index in [-0.39, 0.29) is 36.3 Å². The van der Waals surface area contributed by atoms with Crippen LogP contribution in [0.15, 0.2) is 72.9 Å². The summed E-state index contributed by atoms with van der Waals surface area (Å²) in [5.74, 6) is -2.69. The summed E-state index contributed by atoms with van der Waals surface area (Å²) in [6.07, 6.45) is 7.31. The summed E-state index contributed by atoms with van der Waals surface area (Å²) in [4.78, 5) is 52.3. The summed E-state index contributed by atoms with van der Waals surface area (Å²) in [6, 6.07) is 13.0. The van der Waals surface area contributed by atoms with Crippen molar-refractivity contribution < 1.29 is 33.1 Å². The van der Waals surface area contributed by atoms with Gasteiger partial charge in [-0.15, -0.1) is 0 Å². The molecule has 4 amide bonds. The van der Waals surface area contributed by atoms with Gasteiger partial charge in [0.05, 0.1) is 12.1 Å². The fraction of sp³-hybridized carbons (Fsp3) is 0.421. The standard InChI is InChI=1S/C38H47F2N5O5/c1-38(2,3)36(32-21-27(29-22-28(39)13-14-30(29)40)24-43(32)23-26-11-7-6-8-12-26)45(35(49)25-46)20-17-31(41)37(50)42-18-9-4-5-10-19-44-33(47)15-16-34(44)48/h6-8,11-16,21-22,24,31,36,46H,4-5,9-10,17-20,23,25,41H2,1-3H3,(H,42,50). The Kier molecular flexibility index (Phi) is 13.2. The fourth-order valence-electron chi connectivity index (χ4n) is 6.25. The molecule has 4 rings (SSSR count). The smallest absolute Gasteiger partial charge is 0.253 e. The van der Waals surface area contributed by atoms with E-state index in [0.717, 1.165) is 36.6 Å². The molecule has 0 radical (unpaired) electrons. The van der Waals surface area contributed by atoms with Crippen LogP contribution in [0.2, 0.25) is 0 Å². The number of carbonyl (C=O) groups is 4. The van der Waals surface area contributed by atoms with Gasteiger partial charge < -0.3 is 25.6 Å². The Balaban J connectivity index is 1.46. The highest BCUT2D eigenvalue weighted by atomic mass is 19.1. The molecule has 268 valence electrons. The van der Waals surface area contributed by atoms with Gasteiger partial charge in [-0.2, -0.15) is 0 Å². The van der Waals surface area contributed by atoms with Crippen molar-refractivity contribution in [1.29, 1.82) is 0 Å². The van der Waals surface area contributed by atoms with Crippen molar-refractivity contribution in [1.82, 2.24) is 19.7 Å². The molecule has 1 aliphatic heterocycles. The van der Waals surface area contributed by atoms with Crippen molar-refractivity contribution in [2.24, 2.45) is 11.1 Å². The summed E-state index contributed by atoms with van der Waals surface area (Å²) >= 11 is 0. The van der Waals surface area contributed by atoms with Gasteiger partial charge in [0.2, 0.25) is 11.8 Å². The Morgan fingerprint density at radius 1 is 0.960 bits per heavy atom. The number of nitrogens with one attached hydrogen (secondary N) is 1. The summed E-state index contributed by atoms with van der Waals surface area (Å²) in [5.41, 5.74) is 7.80. The molecule has 2 heterocycles. The second-order valence-corrected chi connectivity index (χ2v) is 13.7. The number of benzene rings is 2. The summed E-state index contributed by atoms with van der Waals surface area (Å²) in [7, 11) is 0. The van der Waals surface area contributed by atoms with Crippen molar-refractivity contribution in [3.63, 3.8) is 0 Å². The molecule has 12 heteroatoms. The number of hydrogen-bond acceptors (Lipinski definition) is 6.